The summed E-state index contributed by atoms with van der Waals surface area (Å²) < 4.78 is 38.2. The fourth-order valence-electron chi connectivity index (χ4n) is 2.74. The maximum atomic E-state index is 12.7. The van der Waals surface area contributed by atoms with Gasteiger partial charge in [0.05, 0.1) is 39.9 Å². The summed E-state index contributed by atoms with van der Waals surface area (Å²) in [5, 5.41) is 10.5. The van der Waals surface area contributed by atoms with Crippen LogP contribution in [-0.2, 0) is 12.6 Å². The fourth-order valence-corrected chi connectivity index (χ4v) is 3.73. The molecule has 30 heavy (non-hydrogen) atoms. The van der Waals surface area contributed by atoms with E-state index in [4.69, 9.17) is 5.73 Å². The molecule has 0 fully saturated rings. The van der Waals surface area contributed by atoms with Crippen LogP contribution in [0.15, 0.2) is 58.5 Å². The standard InChI is InChI=1S/C21H16F3N5S/c1-13(28-17-8-6-16(7-9-17)21(22,23)24)19-20(27-12-26)30-18(29-19)10-14-4-2-3-5-15(14)11-25/h2-9,12H,10H2,1H3,(H2,26,27). The summed E-state index contributed by atoms with van der Waals surface area (Å²) in [5.41, 5.74) is 7.46. The molecule has 5 nitrogen and oxygen atoms in total. The van der Waals surface area contributed by atoms with Gasteiger partial charge in [-0.1, -0.05) is 29.5 Å². The number of nitrogens with two attached hydrogens (primary N) is 1. The van der Waals surface area contributed by atoms with E-state index in [0.29, 0.717) is 34.1 Å². The molecule has 0 unspecified atom stereocenters. The van der Waals surface area contributed by atoms with E-state index in [1.165, 1.54) is 23.5 Å². The molecule has 3 aromatic rings. The van der Waals surface area contributed by atoms with Gasteiger partial charge in [0.2, 0.25) is 0 Å². The number of hydrogen-bond donors (Lipinski definition) is 1. The lowest BCUT2D eigenvalue weighted by atomic mass is 10.1. The minimum Gasteiger partial charge on any atom is -0.390 e. The third-order valence-electron chi connectivity index (χ3n) is 4.16. The molecule has 0 aliphatic rings. The highest BCUT2D eigenvalue weighted by atomic mass is 32.1. The lowest BCUT2D eigenvalue weighted by Crippen LogP contribution is -2.03. The Bertz CT molecular complexity index is 1140. The van der Waals surface area contributed by atoms with Crippen LogP contribution in [0.3, 0.4) is 0 Å². The number of rotatable bonds is 5. The third kappa shape index (κ3) is 4.90. The van der Waals surface area contributed by atoms with E-state index in [1.807, 2.05) is 12.1 Å². The van der Waals surface area contributed by atoms with Gasteiger partial charge in [0.1, 0.15) is 10.7 Å². The van der Waals surface area contributed by atoms with E-state index in [0.717, 1.165) is 29.0 Å². The second kappa shape index (κ2) is 8.88. The van der Waals surface area contributed by atoms with Crippen molar-refractivity contribution in [3.05, 3.63) is 75.9 Å². The first kappa shape index (κ1) is 21.2. The highest BCUT2D eigenvalue weighted by Crippen LogP contribution is 2.32. The summed E-state index contributed by atoms with van der Waals surface area (Å²) in [7, 11) is 0. The highest BCUT2D eigenvalue weighted by molar-refractivity contribution is 7.15. The summed E-state index contributed by atoms with van der Waals surface area (Å²) in [6.45, 7) is 1.70. The Labute approximate surface area is 175 Å². The lowest BCUT2D eigenvalue weighted by Gasteiger charge is -2.06. The maximum absolute atomic E-state index is 12.7. The molecule has 0 aliphatic carbocycles. The second-order valence-electron chi connectivity index (χ2n) is 6.23. The molecule has 3 rings (SSSR count). The van der Waals surface area contributed by atoms with Gasteiger partial charge in [-0.3, -0.25) is 4.99 Å². The van der Waals surface area contributed by atoms with Crippen LogP contribution in [0.1, 0.15) is 34.3 Å². The van der Waals surface area contributed by atoms with Gasteiger partial charge in [-0.2, -0.15) is 18.4 Å². The summed E-state index contributed by atoms with van der Waals surface area (Å²) in [6, 6.07) is 14.0. The van der Waals surface area contributed by atoms with Crippen molar-refractivity contribution in [2.75, 3.05) is 0 Å². The number of thiazole rings is 1. The Balaban J connectivity index is 1.92. The molecule has 2 aromatic carbocycles. The van der Waals surface area contributed by atoms with Gasteiger partial charge in [-0.25, -0.2) is 9.98 Å². The number of nitrogens with zero attached hydrogens (tertiary/aromatic N) is 4. The first-order valence-corrected chi connectivity index (χ1v) is 9.58. The van der Waals surface area contributed by atoms with Crippen molar-refractivity contribution < 1.29 is 13.2 Å². The van der Waals surface area contributed by atoms with E-state index >= 15 is 0 Å². The zero-order valence-corrected chi connectivity index (χ0v) is 16.6. The van der Waals surface area contributed by atoms with Crippen LogP contribution in [-0.4, -0.2) is 17.0 Å². The minimum absolute atomic E-state index is 0.368. The van der Waals surface area contributed by atoms with Gasteiger partial charge in [0.25, 0.3) is 0 Å². The first-order valence-electron chi connectivity index (χ1n) is 8.76. The zero-order valence-electron chi connectivity index (χ0n) is 15.8. The molecule has 0 radical (unpaired) electrons. The third-order valence-corrected chi connectivity index (χ3v) is 5.12. The normalized spacial score (nSPS) is 12.3. The molecular weight excluding hydrogens is 411 g/mol. The monoisotopic (exact) mass is 427 g/mol. The quantitative estimate of drug-likeness (QED) is 0.438. The van der Waals surface area contributed by atoms with Gasteiger partial charge in [0.15, 0.2) is 0 Å². The van der Waals surface area contributed by atoms with E-state index in [1.54, 1.807) is 19.1 Å². The minimum atomic E-state index is -4.40. The van der Waals surface area contributed by atoms with Crippen molar-refractivity contribution >= 4 is 34.1 Å². The molecule has 0 spiro atoms. The van der Waals surface area contributed by atoms with Crippen LogP contribution in [0.25, 0.3) is 0 Å². The van der Waals surface area contributed by atoms with Crippen molar-refractivity contribution in [1.29, 1.82) is 5.26 Å². The number of hydrogen-bond acceptors (Lipinski definition) is 5. The van der Waals surface area contributed by atoms with Gasteiger partial charge in [0, 0.05) is 6.42 Å². The van der Waals surface area contributed by atoms with Gasteiger partial charge < -0.3 is 5.73 Å². The van der Waals surface area contributed by atoms with E-state index < -0.39 is 11.7 Å². The summed E-state index contributed by atoms with van der Waals surface area (Å²) in [4.78, 5) is 13.1. The molecule has 0 saturated heterocycles. The number of alkyl halides is 3. The molecule has 0 atom stereocenters. The Kier molecular flexibility index (Phi) is 6.28. The maximum Gasteiger partial charge on any atom is 0.416 e. The molecule has 1 heterocycles. The number of nitriles is 1. The number of aliphatic imine (C=N–C) groups is 2. The molecule has 9 heteroatoms. The Morgan fingerprint density at radius 2 is 1.90 bits per heavy atom. The summed E-state index contributed by atoms with van der Waals surface area (Å²) in [6.07, 6.45) is -2.81. The summed E-state index contributed by atoms with van der Waals surface area (Å²) in [5.74, 6) is 0. The topological polar surface area (TPSA) is 87.4 Å². The van der Waals surface area contributed by atoms with Gasteiger partial charge in [-0.05, 0) is 42.8 Å². The van der Waals surface area contributed by atoms with Gasteiger partial charge in [-0.15, -0.1) is 0 Å². The molecule has 152 valence electrons. The van der Waals surface area contributed by atoms with E-state index in [-0.39, 0.29) is 0 Å². The van der Waals surface area contributed by atoms with Crippen LogP contribution < -0.4 is 5.73 Å². The number of benzene rings is 2. The van der Waals surface area contributed by atoms with Crippen molar-refractivity contribution in [3.8, 4) is 6.07 Å². The smallest absolute Gasteiger partial charge is 0.390 e. The van der Waals surface area contributed by atoms with Gasteiger partial charge >= 0.3 is 6.18 Å². The molecule has 1 aromatic heterocycles. The van der Waals surface area contributed by atoms with Crippen molar-refractivity contribution in [2.45, 2.75) is 19.5 Å². The number of halogens is 3. The van der Waals surface area contributed by atoms with Crippen LogP contribution >= 0.6 is 11.3 Å². The molecular formula is C21H16F3N5S. The predicted octanol–water partition coefficient (Wildman–Crippen LogP) is 5.38. The van der Waals surface area contributed by atoms with Crippen molar-refractivity contribution in [2.24, 2.45) is 15.7 Å². The fraction of sp³-hybridized carbons (Fsp3) is 0.143. The Morgan fingerprint density at radius 3 is 2.53 bits per heavy atom. The van der Waals surface area contributed by atoms with E-state index in [2.05, 4.69) is 21.0 Å². The van der Waals surface area contributed by atoms with Crippen LogP contribution in [0.2, 0.25) is 0 Å². The van der Waals surface area contributed by atoms with Crippen LogP contribution in [0, 0.1) is 11.3 Å². The predicted molar refractivity (Wildman–Crippen MR) is 112 cm³/mol. The van der Waals surface area contributed by atoms with Crippen LogP contribution in [0.4, 0.5) is 23.9 Å². The summed E-state index contributed by atoms with van der Waals surface area (Å²) >= 11 is 1.31. The molecule has 0 aliphatic heterocycles. The average Bonchev–Trinajstić information content (AvgIpc) is 3.11. The van der Waals surface area contributed by atoms with Crippen LogP contribution in [0.5, 0.6) is 0 Å². The SMILES string of the molecule is CC(=Nc1ccc(C(F)(F)F)cc1)c1nc(Cc2ccccc2C#N)sc1N=CN. The zero-order chi connectivity index (χ0) is 21.7. The second-order valence-corrected chi connectivity index (χ2v) is 7.29. The lowest BCUT2D eigenvalue weighted by molar-refractivity contribution is -0.137. The van der Waals surface area contributed by atoms with Crippen molar-refractivity contribution in [1.82, 2.24) is 4.98 Å². The van der Waals surface area contributed by atoms with Crippen molar-refractivity contribution in [3.63, 3.8) is 0 Å². The highest BCUT2D eigenvalue weighted by Gasteiger charge is 2.29. The average molecular weight is 427 g/mol. The first-order chi connectivity index (χ1) is 14.3. The molecule has 0 saturated carbocycles. The largest absolute Gasteiger partial charge is 0.416 e. The Morgan fingerprint density at radius 1 is 1.20 bits per heavy atom. The molecule has 2 N–H and O–H groups in total. The molecule has 0 bridgehead atoms. The molecule has 0 amide bonds. The van der Waals surface area contributed by atoms with E-state index in [9.17, 15) is 18.4 Å². The Hall–Kier alpha value is -3.51. The number of aromatic nitrogens is 1.